The van der Waals surface area contributed by atoms with E-state index in [9.17, 15) is 4.79 Å². The van der Waals surface area contributed by atoms with Crippen LogP contribution in [0.1, 0.15) is 69.0 Å². The summed E-state index contributed by atoms with van der Waals surface area (Å²) in [5, 5.41) is 9.76. The van der Waals surface area contributed by atoms with Gasteiger partial charge in [0.05, 0.1) is 6.26 Å². The fourth-order valence-electron chi connectivity index (χ4n) is 3.21. The second-order valence-corrected chi connectivity index (χ2v) is 7.89. The van der Waals surface area contributed by atoms with Crippen LogP contribution in [0.3, 0.4) is 0 Å². The number of nitrogens with one attached hydrogen (secondary N) is 3. The molecule has 6 heteroatoms. The molecule has 3 N–H and O–H groups in total. The van der Waals surface area contributed by atoms with Crippen molar-refractivity contribution in [2.24, 2.45) is 10.4 Å². The van der Waals surface area contributed by atoms with Crippen molar-refractivity contribution in [3.63, 3.8) is 0 Å². The Kier molecular flexibility index (Phi) is 7.54. The van der Waals surface area contributed by atoms with Gasteiger partial charge in [-0.1, -0.05) is 13.8 Å². The zero-order chi connectivity index (χ0) is 19.0. The first-order chi connectivity index (χ1) is 12.4. The Labute approximate surface area is 157 Å². The van der Waals surface area contributed by atoms with Crippen molar-refractivity contribution < 1.29 is 9.21 Å². The molecule has 146 valence electrons. The van der Waals surface area contributed by atoms with Gasteiger partial charge in [-0.05, 0) is 57.4 Å². The van der Waals surface area contributed by atoms with Crippen LogP contribution in [-0.4, -0.2) is 37.5 Å². The molecule has 0 unspecified atom stereocenters. The Hall–Kier alpha value is -1.98. The molecule has 1 amide bonds. The Bertz CT molecular complexity index is 597. The van der Waals surface area contributed by atoms with Crippen LogP contribution in [0.25, 0.3) is 0 Å². The smallest absolute Gasteiger partial charge is 0.287 e. The van der Waals surface area contributed by atoms with Crippen LogP contribution < -0.4 is 16.0 Å². The third-order valence-electron chi connectivity index (χ3n) is 4.98. The van der Waals surface area contributed by atoms with Crippen molar-refractivity contribution in [1.82, 2.24) is 16.0 Å². The fourth-order valence-corrected chi connectivity index (χ4v) is 3.21. The minimum Gasteiger partial charge on any atom is -0.459 e. The maximum atomic E-state index is 12.0. The summed E-state index contributed by atoms with van der Waals surface area (Å²) in [7, 11) is 0. The van der Waals surface area contributed by atoms with Crippen LogP contribution in [0.5, 0.6) is 0 Å². The lowest BCUT2D eigenvalue weighted by Gasteiger charge is -2.35. The number of guanidine groups is 1. The highest BCUT2D eigenvalue weighted by atomic mass is 16.3. The lowest BCUT2D eigenvalue weighted by Crippen LogP contribution is -2.45. The lowest BCUT2D eigenvalue weighted by atomic mass is 9.75. The molecule has 1 heterocycles. The largest absolute Gasteiger partial charge is 0.459 e. The lowest BCUT2D eigenvalue weighted by molar-refractivity contribution is 0.0925. The van der Waals surface area contributed by atoms with E-state index in [0.717, 1.165) is 24.5 Å². The third-order valence-corrected chi connectivity index (χ3v) is 4.98. The van der Waals surface area contributed by atoms with Gasteiger partial charge in [0.2, 0.25) is 0 Å². The first-order valence-corrected chi connectivity index (χ1v) is 9.78. The zero-order valence-corrected chi connectivity index (χ0v) is 16.7. The van der Waals surface area contributed by atoms with E-state index in [1.54, 1.807) is 6.07 Å². The average Bonchev–Trinajstić information content (AvgIpc) is 3.02. The summed E-state index contributed by atoms with van der Waals surface area (Å²) in [6, 6.07) is 2.29. The average molecular weight is 363 g/mol. The van der Waals surface area contributed by atoms with Crippen LogP contribution in [-0.2, 0) is 0 Å². The van der Waals surface area contributed by atoms with Gasteiger partial charge >= 0.3 is 0 Å². The molecule has 0 bridgehead atoms. The second kappa shape index (κ2) is 9.64. The second-order valence-electron chi connectivity index (χ2n) is 7.89. The molecule has 0 radical (unpaired) electrons. The van der Waals surface area contributed by atoms with Crippen LogP contribution in [0, 0.1) is 12.3 Å². The van der Waals surface area contributed by atoms with Crippen molar-refractivity contribution in [3.8, 4) is 0 Å². The number of furan rings is 1. The molecule has 0 atom stereocenters. The molecule has 0 spiro atoms. The number of hydrogen-bond acceptors (Lipinski definition) is 3. The SMILES string of the molecule is CCNC(=NCCCNC(=O)c1occc1C)NC1CCC(C)(C)CC1. The van der Waals surface area contributed by atoms with E-state index in [1.807, 2.05) is 6.92 Å². The third kappa shape index (κ3) is 6.39. The highest BCUT2D eigenvalue weighted by Gasteiger charge is 2.27. The monoisotopic (exact) mass is 362 g/mol. The highest BCUT2D eigenvalue weighted by Crippen LogP contribution is 2.34. The predicted octanol–water partition coefficient (Wildman–Crippen LogP) is 3.23. The molecule has 2 rings (SSSR count). The van der Waals surface area contributed by atoms with Gasteiger partial charge in [0.25, 0.3) is 5.91 Å². The van der Waals surface area contributed by atoms with E-state index in [0.29, 0.717) is 30.3 Å². The molecule has 26 heavy (non-hydrogen) atoms. The first-order valence-electron chi connectivity index (χ1n) is 9.78. The standard InChI is InChI=1S/C20H34N4O2/c1-5-21-19(24-16-7-10-20(3,4)11-8-16)23-13-6-12-22-18(25)17-15(2)9-14-26-17/h9,14,16H,5-8,10-13H2,1-4H3,(H,22,25)(H2,21,23,24). The number of aryl methyl sites for hydroxylation is 1. The van der Waals surface area contributed by atoms with Crippen LogP contribution in [0.2, 0.25) is 0 Å². The molecule has 0 aromatic carbocycles. The zero-order valence-electron chi connectivity index (χ0n) is 16.7. The van der Waals surface area contributed by atoms with E-state index in [2.05, 4.69) is 41.7 Å². The van der Waals surface area contributed by atoms with Crippen molar-refractivity contribution in [1.29, 1.82) is 0 Å². The number of carbonyl (C=O) groups is 1. The van der Waals surface area contributed by atoms with Crippen LogP contribution in [0.4, 0.5) is 0 Å². The van der Waals surface area contributed by atoms with Gasteiger partial charge in [0.15, 0.2) is 11.7 Å². The van der Waals surface area contributed by atoms with Crippen molar-refractivity contribution in [2.45, 2.75) is 65.8 Å². The molecule has 1 aromatic rings. The number of nitrogens with zero attached hydrogens (tertiary/aromatic N) is 1. The summed E-state index contributed by atoms with van der Waals surface area (Å²) in [6.45, 7) is 10.7. The molecular weight excluding hydrogens is 328 g/mol. The van der Waals surface area contributed by atoms with E-state index in [-0.39, 0.29) is 5.91 Å². The minimum atomic E-state index is -0.161. The van der Waals surface area contributed by atoms with E-state index < -0.39 is 0 Å². The van der Waals surface area contributed by atoms with Crippen molar-refractivity contribution >= 4 is 11.9 Å². The molecule has 0 saturated heterocycles. The molecule has 1 saturated carbocycles. The highest BCUT2D eigenvalue weighted by molar-refractivity contribution is 5.92. The van der Waals surface area contributed by atoms with E-state index in [4.69, 9.17) is 4.42 Å². The van der Waals surface area contributed by atoms with Gasteiger partial charge in [0, 0.05) is 31.2 Å². The first kappa shape index (κ1) is 20.3. The molecule has 0 aliphatic heterocycles. The number of hydrogen-bond donors (Lipinski definition) is 3. The van der Waals surface area contributed by atoms with Crippen LogP contribution in [0.15, 0.2) is 21.7 Å². The Balaban J connectivity index is 1.71. The van der Waals surface area contributed by atoms with Crippen molar-refractivity contribution in [2.75, 3.05) is 19.6 Å². The molecule has 1 aromatic heterocycles. The molecule has 6 nitrogen and oxygen atoms in total. The molecule has 1 aliphatic rings. The number of carbonyl (C=O) groups excluding carboxylic acids is 1. The minimum absolute atomic E-state index is 0.161. The van der Waals surface area contributed by atoms with E-state index >= 15 is 0 Å². The van der Waals surface area contributed by atoms with Gasteiger partial charge in [-0.2, -0.15) is 0 Å². The summed E-state index contributed by atoms with van der Waals surface area (Å²) >= 11 is 0. The van der Waals surface area contributed by atoms with Gasteiger partial charge in [-0.3, -0.25) is 9.79 Å². The Morgan fingerprint density at radius 2 is 2.04 bits per heavy atom. The maximum Gasteiger partial charge on any atom is 0.287 e. The molecule has 1 aliphatic carbocycles. The number of rotatable bonds is 7. The Morgan fingerprint density at radius 3 is 2.65 bits per heavy atom. The van der Waals surface area contributed by atoms with Crippen molar-refractivity contribution in [3.05, 3.63) is 23.7 Å². The van der Waals surface area contributed by atoms with Gasteiger partial charge < -0.3 is 20.4 Å². The van der Waals surface area contributed by atoms with E-state index in [1.165, 1.54) is 31.9 Å². The number of aliphatic imine (C=N–C) groups is 1. The summed E-state index contributed by atoms with van der Waals surface area (Å²) in [4.78, 5) is 16.6. The summed E-state index contributed by atoms with van der Waals surface area (Å²) in [6.07, 6.45) is 7.21. The van der Waals surface area contributed by atoms with Gasteiger partial charge in [0.1, 0.15) is 0 Å². The normalized spacial score (nSPS) is 17.8. The summed E-state index contributed by atoms with van der Waals surface area (Å²) in [5.74, 6) is 1.11. The van der Waals surface area contributed by atoms with Gasteiger partial charge in [-0.25, -0.2) is 0 Å². The van der Waals surface area contributed by atoms with Gasteiger partial charge in [-0.15, -0.1) is 0 Å². The summed E-state index contributed by atoms with van der Waals surface area (Å²) < 4.78 is 5.19. The molecular formula is C20H34N4O2. The predicted molar refractivity (Wildman–Crippen MR) is 106 cm³/mol. The molecule has 1 fully saturated rings. The maximum absolute atomic E-state index is 12.0. The Morgan fingerprint density at radius 1 is 1.31 bits per heavy atom. The fraction of sp³-hybridized carbons (Fsp3) is 0.700. The topological polar surface area (TPSA) is 78.7 Å². The van der Waals surface area contributed by atoms with Crippen LogP contribution >= 0.6 is 0 Å². The summed E-state index contributed by atoms with van der Waals surface area (Å²) in [5.41, 5.74) is 1.33. The number of amides is 1. The quantitative estimate of drug-likeness (QED) is 0.395.